The van der Waals surface area contributed by atoms with E-state index >= 15 is 0 Å². The molecule has 1 heterocycles. The number of rotatable bonds is 4. The third-order valence-electron chi connectivity index (χ3n) is 4.65. The van der Waals surface area contributed by atoms with Gasteiger partial charge in [0.25, 0.3) is 5.91 Å². The lowest BCUT2D eigenvalue weighted by Gasteiger charge is -2.36. The van der Waals surface area contributed by atoms with Gasteiger partial charge < -0.3 is 15.0 Å². The Morgan fingerprint density at radius 3 is 2.45 bits per heavy atom. The number of esters is 1. The van der Waals surface area contributed by atoms with E-state index in [2.05, 4.69) is 15.4 Å². The maximum absolute atomic E-state index is 12.6. The van der Waals surface area contributed by atoms with Crippen molar-refractivity contribution in [3.63, 3.8) is 0 Å². The van der Waals surface area contributed by atoms with Crippen LogP contribution in [0.5, 0.6) is 0 Å². The van der Waals surface area contributed by atoms with Gasteiger partial charge in [-0.3, -0.25) is 19.7 Å². The van der Waals surface area contributed by atoms with Gasteiger partial charge in [-0.05, 0) is 35.5 Å². The first kappa shape index (κ1) is 20.5. The molecule has 8 heteroatoms. The highest BCUT2D eigenvalue weighted by atomic mass is 32.1. The molecule has 1 aliphatic rings. The molecule has 1 aliphatic heterocycles. The van der Waals surface area contributed by atoms with Crippen molar-refractivity contribution in [1.82, 2.24) is 15.5 Å². The number of hydrogen-bond acceptors (Lipinski definition) is 5. The minimum Gasteiger partial charge on any atom is -0.469 e. The van der Waals surface area contributed by atoms with E-state index < -0.39 is 12.0 Å². The zero-order valence-electron chi connectivity index (χ0n) is 15.9. The Morgan fingerprint density at radius 1 is 1.14 bits per heavy atom. The van der Waals surface area contributed by atoms with Crippen LogP contribution in [0.2, 0.25) is 0 Å². The molecule has 7 nitrogen and oxygen atoms in total. The first-order valence-corrected chi connectivity index (χ1v) is 9.52. The van der Waals surface area contributed by atoms with Gasteiger partial charge in [0, 0.05) is 18.7 Å². The van der Waals surface area contributed by atoms with E-state index in [1.54, 1.807) is 17.0 Å². The molecule has 3 rings (SSSR count). The summed E-state index contributed by atoms with van der Waals surface area (Å²) >= 11 is 5.33. The highest BCUT2D eigenvalue weighted by Gasteiger charge is 2.34. The average molecular weight is 411 g/mol. The topological polar surface area (TPSA) is 87.7 Å². The van der Waals surface area contributed by atoms with Crippen molar-refractivity contribution < 1.29 is 19.1 Å². The zero-order chi connectivity index (χ0) is 20.8. The zero-order valence-corrected chi connectivity index (χ0v) is 16.7. The van der Waals surface area contributed by atoms with Gasteiger partial charge in [-0.25, -0.2) is 0 Å². The molecule has 1 fully saturated rings. The van der Waals surface area contributed by atoms with Crippen LogP contribution in [-0.2, 0) is 14.3 Å². The number of benzene rings is 2. The molecule has 0 radical (unpaired) electrons. The van der Waals surface area contributed by atoms with E-state index in [-0.39, 0.29) is 23.3 Å². The highest BCUT2D eigenvalue weighted by Crippen LogP contribution is 2.19. The Hall–Kier alpha value is -3.26. The summed E-state index contributed by atoms with van der Waals surface area (Å²) in [4.78, 5) is 37.9. The van der Waals surface area contributed by atoms with Crippen molar-refractivity contribution in [2.24, 2.45) is 0 Å². The van der Waals surface area contributed by atoms with Gasteiger partial charge in [0.15, 0.2) is 5.11 Å². The first-order valence-electron chi connectivity index (χ1n) is 9.11. The van der Waals surface area contributed by atoms with E-state index in [0.717, 1.165) is 11.1 Å². The summed E-state index contributed by atoms with van der Waals surface area (Å²) in [5.41, 5.74) is 2.49. The number of carbonyl (C=O) groups is 3. The SMILES string of the molecule is COC(=O)C[C@H]1C(=O)NCCN1C(=S)NC(=O)c1ccc(-c2ccccc2)cc1. The Labute approximate surface area is 174 Å². The Balaban J connectivity index is 1.68. The molecule has 1 saturated heterocycles. The van der Waals surface area contributed by atoms with E-state index in [1.807, 2.05) is 42.5 Å². The molecule has 1 atom stereocenters. The molecule has 0 unspecified atom stereocenters. The fraction of sp³-hybridized carbons (Fsp3) is 0.238. The smallest absolute Gasteiger partial charge is 0.308 e. The van der Waals surface area contributed by atoms with Gasteiger partial charge in [-0.15, -0.1) is 0 Å². The van der Waals surface area contributed by atoms with Gasteiger partial charge in [0.05, 0.1) is 13.5 Å². The second-order valence-corrected chi connectivity index (χ2v) is 6.87. The standard InChI is InChI=1S/C21H21N3O4S/c1-28-18(25)13-17-20(27)22-11-12-24(17)21(29)23-19(26)16-9-7-15(8-10-16)14-5-3-2-4-6-14/h2-10,17H,11-13H2,1H3,(H,22,27)(H,23,26,29)/t17-/m0/s1. The summed E-state index contributed by atoms with van der Waals surface area (Å²) in [7, 11) is 1.26. The average Bonchev–Trinajstić information content (AvgIpc) is 2.75. The van der Waals surface area contributed by atoms with E-state index in [1.165, 1.54) is 7.11 Å². The maximum Gasteiger partial charge on any atom is 0.308 e. The molecule has 0 aromatic heterocycles. The highest BCUT2D eigenvalue weighted by molar-refractivity contribution is 7.80. The summed E-state index contributed by atoms with van der Waals surface area (Å²) in [6.45, 7) is 0.762. The third kappa shape index (κ3) is 4.97. The summed E-state index contributed by atoms with van der Waals surface area (Å²) < 4.78 is 4.65. The molecule has 2 amide bonds. The van der Waals surface area contributed by atoms with Crippen LogP contribution in [0.3, 0.4) is 0 Å². The first-order chi connectivity index (χ1) is 14.0. The van der Waals surface area contributed by atoms with Crippen molar-refractivity contribution >= 4 is 35.1 Å². The number of nitrogens with one attached hydrogen (secondary N) is 2. The number of methoxy groups -OCH3 is 1. The maximum atomic E-state index is 12.6. The molecule has 29 heavy (non-hydrogen) atoms. The Morgan fingerprint density at radius 2 is 1.79 bits per heavy atom. The number of piperazine rings is 1. The van der Waals surface area contributed by atoms with Gasteiger partial charge in [-0.2, -0.15) is 0 Å². The molecule has 2 aromatic carbocycles. The number of amides is 2. The van der Waals surface area contributed by atoms with Crippen LogP contribution in [0.1, 0.15) is 16.8 Å². The summed E-state index contributed by atoms with van der Waals surface area (Å²) in [5, 5.41) is 5.45. The molecular formula is C21H21N3O4S. The monoisotopic (exact) mass is 411 g/mol. The van der Waals surface area contributed by atoms with Crippen LogP contribution in [-0.4, -0.2) is 54.0 Å². The largest absolute Gasteiger partial charge is 0.469 e. The van der Waals surface area contributed by atoms with Gasteiger partial charge in [-0.1, -0.05) is 42.5 Å². The number of ether oxygens (including phenoxy) is 1. The number of carbonyl (C=O) groups excluding carboxylic acids is 3. The lowest BCUT2D eigenvalue weighted by atomic mass is 10.0. The lowest BCUT2D eigenvalue weighted by Crippen LogP contribution is -2.60. The number of hydrogen-bond donors (Lipinski definition) is 2. The molecule has 150 valence electrons. The van der Waals surface area contributed by atoms with E-state index in [0.29, 0.717) is 18.7 Å². The van der Waals surface area contributed by atoms with Crippen LogP contribution in [0.15, 0.2) is 54.6 Å². The summed E-state index contributed by atoms with van der Waals surface area (Å²) in [6, 6.07) is 16.2. The normalized spacial score (nSPS) is 16.0. The summed E-state index contributed by atoms with van der Waals surface area (Å²) in [6.07, 6.45) is -0.149. The Bertz CT molecular complexity index is 915. The van der Waals surface area contributed by atoms with Crippen molar-refractivity contribution in [2.75, 3.05) is 20.2 Å². The van der Waals surface area contributed by atoms with Gasteiger partial charge in [0.1, 0.15) is 6.04 Å². The van der Waals surface area contributed by atoms with Crippen LogP contribution >= 0.6 is 12.2 Å². The Kier molecular flexibility index (Phi) is 6.56. The van der Waals surface area contributed by atoms with Crippen molar-refractivity contribution in [1.29, 1.82) is 0 Å². The predicted octanol–water partition coefficient (Wildman–Crippen LogP) is 1.73. The van der Waals surface area contributed by atoms with Gasteiger partial charge >= 0.3 is 5.97 Å². The predicted molar refractivity (Wildman–Crippen MR) is 112 cm³/mol. The van der Waals surface area contributed by atoms with E-state index in [4.69, 9.17) is 12.2 Å². The molecule has 0 bridgehead atoms. The fourth-order valence-electron chi connectivity index (χ4n) is 3.09. The van der Waals surface area contributed by atoms with Gasteiger partial charge in [0.2, 0.25) is 5.91 Å². The quantitative estimate of drug-likeness (QED) is 0.589. The molecule has 0 spiro atoms. The van der Waals surface area contributed by atoms with E-state index in [9.17, 15) is 14.4 Å². The fourth-order valence-corrected chi connectivity index (χ4v) is 3.40. The molecular weight excluding hydrogens is 390 g/mol. The lowest BCUT2D eigenvalue weighted by molar-refractivity contribution is -0.144. The van der Waals surface area contributed by atoms with Crippen molar-refractivity contribution in [3.05, 3.63) is 60.2 Å². The van der Waals surface area contributed by atoms with Crippen molar-refractivity contribution in [3.8, 4) is 11.1 Å². The molecule has 2 N–H and O–H groups in total. The van der Waals surface area contributed by atoms with Crippen LogP contribution in [0.25, 0.3) is 11.1 Å². The second-order valence-electron chi connectivity index (χ2n) is 6.48. The minimum atomic E-state index is -0.815. The van der Waals surface area contributed by atoms with Crippen molar-refractivity contribution in [2.45, 2.75) is 12.5 Å². The minimum absolute atomic E-state index is 0.103. The van der Waals surface area contributed by atoms with Crippen LogP contribution in [0.4, 0.5) is 0 Å². The van der Waals surface area contributed by atoms with Crippen LogP contribution in [0, 0.1) is 0 Å². The third-order valence-corrected chi connectivity index (χ3v) is 4.99. The molecule has 0 aliphatic carbocycles. The number of nitrogens with zero attached hydrogens (tertiary/aromatic N) is 1. The molecule has 2 aromatic rings. The summed E-state index contributed by atoms with van der Waals surface area (Å²) in [5.74, 6) is -1.23. The molecule has 0 saturated carbocycles. The number of thiocarbonyl (C=S) groups is 1. The second kappa shape index (κ2) is 9.29. The van der Waals surface area contributed by atoms with Crippen LogP contribution < -0.4 is 10.6 Å².